The summed E-state index contributed by atoms with van der Waals surface area (Å²) in [7, 11) is 0. The fourth-order valence-corrected chi connectivity index (χ4v) is 5.41. The molecule has 1 saturated heterocycles. The molecule has 110 valence electrons. The first-order chi connectivity index (χ1) is 10.3. The van der Waals surface area contributed by atoms with E-state index in [2.05, 4.69) is 41.1 Å². The van der Waals surface area contributed by atoms with Gasteiger partial charge in [0.25, 0.3) is 0 Å². The highest BCUT2D eigenvalue weighted by Crippen LogP contribution is 2.51. The van der Waals surface area contributed by atoms with Crippen molar-refractivity contribution in [3.05, 3.63) is 35.5 Å². The van der Waals surface area contributed by atoms with Crippen molar-refractivity contribution in [2.45, 2.75) is 38.6 Å². The largest absolute Gasteiger partial charge is 0.357 e. The van der Waals surface area contributed by atoms with Crippen LogP contribution in [-0.2, 0) is 6.42 Å². The average Bonchev–Trinajstić information content (AvgIpc) is 3.04. The van der Waals surface area contributed by atoms with Crippen molar-refractivity contribution >= 4 is 10.9 Å². The van der Waals surface area contributed by atoms with Gasteiger partial charge in [0, 0.05) is 29.7 Å². The highest BCUT2D eigenvalue weighted by Gasteiger charge is 2.47. The number of hydrogen-bond acceptors (Lipinski definition) is 1. The second-order valence-corrected chi connectivity index (χ2v) is 7.59. The Labute approximate surface area is 126 Å². The minimum Gasteiger partial charge on any atom is -0.357 e. The molecule has 3 heterocycles. The summed E-state index contributed by atoms with van der Waals surface area (Å²) in [6.45, 7) is 5.06. The maximum atomic E-state index is 3.79. The summed E-state index contributed by atoms with van der Waals surface area (Å²) in [6.07, 6.45) is 5.56. The van der Waals surface area contributed by atoms with Gasteiger partial charge in [0.15, 0.2) is 0 Å². The van der Waals surface area contributed by atoms with Crippen LogP contribution < -0.4 is 0 Å². The molecule has 2 heteroatoms. The van der Waals surface area contributed by atoms with Crippen molar-refractivity contribution in [3.8, 4) is 0 Å². The number of benzene rings is 1. The molecule has 0 radical (unpaired) electrons. The van der Waals surface area contributed by atoms with Crippen LogP contribution in [0.3, 0.4) is 0 Å². The number of para-hydroxylation sites is 1. The molecule has 2 nitrogen and oxygen atoms in total. The molecule has 0 amide bonds. The number of nitrogens with zero attached hydrogens (tertiary/aromatic N) is 1. The zero-order valence-electron chi connectivity index (χ0n) is 12.8. The molecule has 4 unspecified atom stereocenters. The smallest absolute Gasteiger partial charge is 0.0533 e. The molecule has 1 aliphatic carbocycles. The molecule has 1 aromatic carbocycles. The predicted octanol–water partition coefficient (Wildman–Crippen LogP) is 4.13. The van der Waals surface area contributed by atoms with Crippen LogP contribution in [0.1, 0.15) is 43.5 Å². The topological polar surface area (TPSA) is 19.0 Å². The monoisotopic (exact) mass is 280 g/mol. The Morgan fingerprint density at radius 2 is 2.10 bits per heavy atom. The number of aromatic nitrogens is 1. The molecule has 3 aliphatic rings. The lowest BCUT2D eigenvalue weighted by Crippen LogP contribution is -2.33. The van der Waals surface area contributed by atoms with Gasteiger partial charge in [-0.2, -0.15) is 0 Å². The van der Waals surface area contributed by atoms with Crippen LogP contribution in [0, 0.1) is 17.8 Å². The van der Waals surface area contributed by atoms with Crippen LogP contribution in [0.25, 0.3) is 10.9 Å². The van der Waals surface area contributed by atoms with E-state index in [4.69, 9.17) is 0 Å². The first kappa shape index (κ1) is 12.3. The summed E-state index contributed by atoms with van der Waals surface area (Å²) in [5.41, 5.74) is 4.52. The number of H-pyrrole nitrogens is 1. The molecular weight excluding hydrogens is 256 g/mol. The minimum absolute atomic E-state index is 0.675. The van der Waals surface area contributed by atoms with Gasteiger partial charge in [-0.1, -0.05) is 31.5 Å². The summed E-state index contributed by atoms with van der Waals surface area (Å²) in [4.78, 5) is 6.58. The lowest BCUT2D eigenvalue weighted by atomic mass is 9.73. The molecule has 1 N–H and O–H groups in total. The van der Waals surface area contributed by atoms with Gasteiger partial charge < -0.3 is 4.98 Å². The minimum atomic E-state index is 0.675. The first-order valence-corrected chi connectivity index (χ1v) is 8.65. The lowest BCUT2D eigenvalue weighted by Gasteiger charge is -2.35. The van der Waals surface area contributed by atoms with E-state index < -0.39 is 0 Å². The fraction of sp³-hybridized carbons (Fsp3) is 0.579. The fourth-order valence-electron chi connectivity index (χ4n) is 5.41. The van der Waals surface area contributed by atoms with Gasteiger partial charge in [-0.3, -0.25) is 4.90 Å². The molecule has 5 rings (SSSR count). The van der Waals surface area contributed by atoms with Crippen molar-refractivity contribution in [2.24, 2.45) is 17.8 Å². The predicted molar refractivity (Wildman–Crippen MR) is 86.3 cm³/mol. The first-order valence-electron chi connectivity index (χ1n) is 8.65. The number of rotatable bonds is 0. The van der Waals surface area contributed by atoms with Gasteiger partial charge in [0.2, 0.25) is 0 Å². The standard InChI is InChI=1S/C19H24N2/c1-12-6-7-13-11-21-9-8-15-14-4-2-3-5-17(14)20-18(15)19(21)16(13)10-12/h2-5,12-13,16,19-20H,6-11H2,1H3. The van der Waals surface area contributed by atoms with Gasteiger partial charge in [-0.05, 0) is 48.6 Å². The van der Waals surface area contributed by atoms with Gasteiger partial charge in [0.05, 0.1) is 6.04 Å². The third-order valence-electron chi connectivity index (χ3n) is 6.37. The van der Waals surface area contributed by atoms with Gasteiger partial charge in [0.1, 0.15) is 0 Å². The molecule has 2 fully saturated rings. The summed E-state index contributed by atoms with van der Waals surface area (Å²) >= 11 is 0. The molecule has 2 aromatic rings. The SMILES string of the molecule is CC1CCC2CN3CCc4c([nH]c5ccccc45)C3C2C1. The van der Waals surface area contributed by atoms with Crippen LogP contribution in [0.4, 0.5) is 0 Å². The van der Waals surface area contributed by atoms with Crippen molar-refractivity contribution in [2.75, 3.05) is 13.1 Å². The van der Waals surface area contributed by atoms with Crippen LogP contribution >= 0.6 is 0 Å². The van der Waals surface area contributed by atoms with E-state index in [0.29, 0.717) is 6.04 Å². The molecule has 1 aromatic heterocycles. The van der Waals surface area contributed by atoms with E-state index in [-0.39, 0.29) is 0 Å². The van der Waals surface area contributed by atoms with E-state index in [9.17, 15) is 0 Å². The number of aromatic amines is 1. The van der Waals surface area contributed by atoms with Crippen LogP contribution in [0.15, 0.2) is 24.3 Å². The normalized spacial score (nSPS) is 35.5. The second-order valence-electron chi connectivity index (χ2n) is 7.59. The molecular formula is C19H24N2. The Hall–Kier alpha value is -1.28. The van der Waals surface area contributed by atoms with E-state index >= 15 is 0 Å². The molecule has 2 aliphatic heterocycles. The van der Waals surface area contributed by atoms with Crippen LogP contribution in [0.5, 0.6) is 0 Å². The summed E-state index contributed by atoms with van der Waals surface area (Å²) in [6, 6.07) is 9.56. The summed E-state index contributed by atoms with van der Waals surface area (Å²) < 4.78 is 0. The highest BCUT2D eigenvalue weighted by atomic mass is 15.2. The Morgan fingerprint density at radius 3 is 3.05 bits per heavy atom. The number of nitrogens with one attached hydrogen (secondary N) is 1. The number of hydrogen-bond donors (Lipinski definition) is 1. The highest BCUT2D eigenvalue weighted by molar-refractivity contribution is 5.85. The van der Waals surface area contributed by atoms with E-state index in [1.807, 2.05) is 0 Å². The van der Waals surface area contributed by atoms with Crippen molar-refractivity contribution in [1.82, 2.24) is 9.88 Å². The van der Waals surface area contributed by atoms with E-state index in [1.54, 1.807) is 11.3 Å². The van der Waals surface area contributed by atoms with Crippen molar-refractivity contribution in [3.63, 3.8) is 0 Å². The third-order valence-corrected chi connectivity index (χ3v) is 6.37. The molecule has 1 saturated carbocycles. The molecule has 4 atom stereocenters. The molecule has 0 bridgehead atoms. The Bertz CT molecular complexity index is 686. The van der Waals surface area contributed by atoms with Crippen LogP contribution in [0.2, 0.25) is 0 Å². The van der Waals surface area contributed by atoms with E-state index in [0.717, 1.165) is 17.8 Å². The van der Waals surface area contributed by atoms with E-state index in [1.165, 1.54) is 49.7 Å². The summed E-state index contributed by atoms with van der Waals surface area (Å²) in [5.74, 6) is 2.75. The molecule has 21 heavy (non-hydrogen) atoms. The average molecular weight is 280 g/mol. The summed E-state index contributed by atoms with van der Waals surface area (Å²) in [5, 5.41) is 1.47. The van der Waals surface area contributed by atoms with Gasteiger partial charge >= 0.3 is 0 Å². The third kappa shape index (κ3) is 1.69. The zero-order valence-corrected chi connectivity index (χ0v) is 12.8. The maximum absolute atomic E-state index is 3.79. The molecule has 0 spiro atoms. The van der Waals surface area contributed by atoms with Gasteiger partial charge in [-0.15, -0.1) is 0 Å². The maximum Gasteiger partial charge on any atom is 0.0533 e. The quantitative estimate of drug-likeness (QED) is 0.768. The Balaban J connectivity index is 1.63. The Morgan fingerprint density at radius 1 is 1.19 bits per heavy atom. The lowest BCUT2D eigenvalue weighted by molar-refractivity contribution is 0.176. The number of fused-ring (bicyclic) bond motifs is 7. The van der Waals surface area contributed by atoms with Gasteiger partial charge in [-0.25, -0.2) is 0 Å². The van der Waals surface area contributed by atoms with Crippen LogP contribution in [-0.4, -0.2) is 23.0 Å². The van der Waals surface area contributed by atoms with Crippen molar-refractivity contribution in [1.29, 1.82) is 0 Å². The zero-order chi connectivity index (χ0) is 14.0. The van der Waals surface area contributed by atoms with Crippen molar-refractivity contribution < 1.29 is 0 Å². The second kappa shape index (κ2) is 4.36. The Kier molecular flexibility index (Phi) is 2.55.